The number of hydrogen-bond acceptors (Lipinski definition) is 5. The molecule has 164 valence electrons. The molecule has 1 atom stereocenters. The molecule has 0 bridgehead atoms. The van der Waals surface area contributed by atoms with E-state index < -0.39 is 0 Å². The Morgan fingerprint density at radius 3 is 2.50 bits per heavy atom. The molecule has 7 heteroatoms. The molecule has 1 unspecified atom stereocenters. The summed E-state index contributed by atoms with van der Waals surface area (Å²) in [6.07, 6.45) is 1.83. The van der Waals surface area contributed by atoms with Crippen molar-refractivity contribution in [1.82, 2.24) is 25.1 Å². The molecule has 0 aliphatic rings. The van der Waals surface area contributed by atoms with Gasteiger partial charge in [-0.3, -0.25) is 9.78 Å². The van der Waals surface area contributed by atoms with Crippen LogP contribution >= 0.6 is 0 Å². The lowest BCUT2D eigenvalue weighted by atomic mass is 10.1. The third-order valence-corrected chi connectivity index (χ3v) is 5.43. The van der Waals surface area contributed by atoms with Crippen molar-refractivity contribution in [3.05, 3.63) is 70.9 Å². The third kappa shape index (κ3) is 4.46. The molecule has 0 aliphatic heterocycles. The Labute approximate surface area is 187 Å². The second-order valence-corrected chi connectivity index (χ2v) is 8.16. The van der Waals surface area contributed by atoms with Crippen molar-refractivity contribution in [2.45, 2.75) is 33.7 Å². The Balaban J connectivity index is 1.49. The summed E-state index contributed by atoms with van der Waals surface area (Å²) in [5.41, 5.74) is 6.55. The van der Waals surface area contributed by atoms with Gasteiger partial charge in [-0.15, -0.1) is 0 Å². The summed E-state index contributed by atoms with van der Waals surface area (Å²) < 4.78 is 7.43. The van der Waals surface area contributed by atoms with Crippen molar-refractivity contribution >= 4 is 16.9 Å². The Kier molecular flexibility index (Phi) is 5.90. The lowest BCUT2D eigenvalue weighted by Crippen LogP contribution is -2.31. The number of hydrogen-bond donors (Lipinski definition) is 1. The molecule has 0 fully saturated rings. The predicted octanol–water partition coefficient (Wildman–Crippen LogP) is 4.21. The smallest absolute Gasteiger partial charge is 0.258 e. The van der Waals surface area contributed by atoms with Crippen molar-refractivity contribution in [2.75, 3.05) is 6.61 Å². The summed E-state index contributed by atoms with van der Waals surface area (Å²) in [6, 6.07) is 13.8. The van der Waals surface area contributed by atoms with Gasteiger partial charge in [-0.1, -0.05) is 35.9 Å². The highest BCUT2D eigenvalue weighted by atomic mass is 16.5. The van der Waals surface area contributed by atoms with Gasteiger partial charge < -0.3 is 10.1 Å². The lowest BCUT2D eigenvalue weighted by molar-refractivity contribution is -0.123. The van der Waals surface area contributed by atoms with E-state index in [2.05, 4.69) is 20.4 Å². The van der Waals surface area contributed by atoms with Crippen LogP contribution in [0.3, 0.4) is 0 Å². The van der Waals surface area contributed by atoms with Gasteiger partial charge in [-0.05, 0) is 50.5 Å². The SMILES string of the molecule is Cc1ccc(C(C)NC(=O)COc2cc(C)c3c(-c4ccc(C)cn4)nn(C)c3n2)cc1. The Morgan fingerprint density at radius 2 is 1.81 bits per heavy atom. The van der Waals surface area contributed by atoms with Crippen LogP contribution in [0, 0.1) is 20.8 Å². The van der Waals surface area contributed by atoms with E-state index in [-0.39, 0.29) is 18.6 Å². The quantitative estimate of drug-likeness (QED) is 0.496. The van der Waals surface area contributed by atoms with E-state index in [1.807, 2.05) is 83.4 Å². The minimum atomic E-state index is -0.202. The first-order valence-corrected chi connectivity index (χ1v) is 10.6. The van der Waals surface area contributed by atoms with E-state index >= 15 is 0 Å². The molecule has 1 aromatic carbocycles. The summed E-state index contributed by atoms with van der Waals surface area (Å²) in [7, 11) is 1.84. The van der Waals surface area contributed by atoms with Gasteiger partial charge in [0, 0.05) is 19.3 Å². The monoisotopic (exact) mass is 429 g/mol. The van der Waals surface area contributed by atoms with Crippen LogP contribution in [-0.2, 0) is 11.8 Å². The number of amides is 1. The molecule has 3 heterocycles. The molecule has 4 aromatic rings. The zero-order chi connectivity index (χ0) is 22.8. The molecule has 4 rings (SSSR count). The van der Waals surface area contributed by atoms with E-state index in [0.29, 0.717) is 11.5 Å². The van der Waals surface area contributed by atoms with Crippen LogP contribution in [-0.4, -0.2) is 32.3 Å². The van der Waals surface area contributed by atoms with Crippen molar-refractivity contribution in [1.29, 1.82) is 0 Å². The molecule has 1 N–H and O–H groups in total. The molecule has 7 nitrogen and oxygen atoms in total. The molecule has 0 aliphatic carbocycles. The average Bonchev–Trinajstić information content (AvgIpc) is 3.10. The fraction of sp³-hybridized carbons (Fsp3) is 0.280. The van der Waals surface area contributed by atoms with Crippen LogP contribution < -0.4 is 10.1 Å². The van der Waals surface area contributed by atoms with Gasteiger partial charge in [0.05, 0.1) is 17.1 Å². The van der Waals surface area contributed by atoms with Crippen LogP contribution in [0.2, 0.25) is 0 Å². The molecule has 32 heavy (non-hydrogen) atoms. The van der Waals surface area contributed by atoms with Gasteiger partial charge in [-0.25, -0.2) is 4.68 Å². The maximum absolute atomic E-state index is 12.4. The second-order valence-electron chi connectivity index (χ2n) is 8.16. The summed E-state index contributed by atoms with van der Waals surface area (Å²) in [5, 5.41) is 8.51. The molecule has 3 aromatic heterocycles. The highest BCUT2D eigenvalue weighted by molar-refractivity contribution is 5.93. The highest BCUT2D eigenvalue weighted by Gasteiger charge is 2.17. The minimum Gasteiger partial charge on any atom is -0.468 e. The number of nitrogens with one attached hydrogen (secondary N) is 1. The summed E-state index contributed by atoms with van der Waals surface area (Å²) in [6.45, 7) is 7.86. The largest absolute Gasteiger partial charge is 0.468 e. The van der Waals surface area contributed by atoms with E-state index in [0.717, 1.165) is 33.5 Å². The maximum Gasteiger partial charge on any atom is 0.258 e. The number of fused-ring (bicyclic) bond motifs is 1. The minimum absolute atomic E-state index is 0.106. The Hall–Kier alpha value is -3.74. The number of ether oxygens (including phenoxy) is 1. The topological polar surface area (TPSA) is 81.9 Å². The van der Waals surface area contributed by atoms with Crippen LogP contribution in [0.1, 0.15) is 35.2 Å². The number of carbonyl (C=O) groups is 1. The number of rotatable bonds is 6. The zero-order valence-electron chi connectivity index (χ0n) is 19.0. The number of aryl methyl sites for hydroxylation is 4. The Morgan fingerprint density at radius 1 is 1.09 bits per heavy atom. The van der Waals surface area contributed by atoms with E-state index in [9.17, 15) is 4.79 Å². The first-order chi connectivity index (χ1) is 15.3. The average molecular weight is 430 g/mol. The van der Waals surface area contributed by atoms with Crippen molar-refractivity contribution < 1.29 is 9.53 Å². The van der Waals surface area contributed by atoms with Crippen LogP contribution in [0.4, 0.5) is 0 Å². The van der Waals surface area contributed by atoms with E-state index in [4.69, 9.17) is 4.74 Å². The number of pyridine rings is 2. The molecule has 0 saturated carbocycles. The third-order valence-electron chi connectivity index (χ3n) is 5.43. The van der Waals surface area contributed by atoms with Crippen molar-refractivity contribution in [3.63, 3.8) is 0 Å². The number of carbonyl (C=O) groups excluding carboxylic acids is 1. The van der Waals surface area contributed by atoms with Crippen LogP contribution in [0.25, 0.3) is 22.4 Å². The molecule has 0 spiro atoms. The van der Waals surface area contributed by atoms with Gasteiger partial charge in [-0.2, -0.15) is 10.1 Å². The Bertz CT molecular complexity index is 1260. The van der Waals surface area contributed by atoms with Gasteiger partial charge in [0.25, 0.3) is 5.91 Å². The summed E-state index contributed by atoms with van der Waals surface area (Å²) >= 11 is 0. The molecular weight excluding hydrogens is 402 g/mol. The fourth-order valence-electron chi connectivity index (χ4n) is 3.62. The maximum atomic E-state index is 12.4. The molecule has 0 radical (unpaired) electrons. The lowest BCUT2D eigenvalue weighted by Gasteiger charge is -2.15. The summed E-state index contributed by atoms with van der Waals surface area (Å²) in [5.74, 6) is 0.187. The van der Waals surface area contributed by atoms with Crippen molar-refractivity contribution in [2.24, 2.45) is 7.05 Å². The van der Waals surface area contributed by atoms with Gasteiger partial charge in [0.15, 0.2) is 12.3 Å². The van der Waals surface area contributed by atoms with E-state index in [1.54, 1.807) is 4.68 Å². The summed E-state index contributed by atoms with van der Waals surface area (Å²) in [4.78, 5) is 21.5. The zero-order valence-corrected chi connectivity index (χ0v) is 19.0. The normalized spacial score (nSPS) is 12.0. The first-order valence-electron chi connectivity index (χ1n) is 10.6. The van der Waals surface area contributed by atoms with Gasteiger partial charge >= 0.3 is 0 Å². The second kappa shape index (κ2) is 8.78. The molecule has 0 saturated heterocycles. The van der Waals surface area contributed by atoms with Gasteiger partial charge in [0.1, 0.15) is 5.69 Å². The number of nitrogens with zero attached hydrogens (tertiary/aromatic N) is 4. The van der Waals surface area contributed by atoms with Crippen molar-refractivity contribution in [3.8, 4) is 17.3 Å². The van der Waals surface area contributed by atoms with Gasteiger partial charge in [0.2, 0.25) is 5.88 Å². The van der Waals surface area contributed by atoms with Crippen LogP contribution in [0.15, 0.2) is 48.7 Å². The molecule has 1 amide bonds. The molecular formula is C25H27N5O2. The highest BCUT2D eigenvalue weighted by Crippen LogP contribution is 2.30. The predicted molar refractivity (Wildman–Crippen MR) is 124 cm³/mol. The number of aromatic nitrogens is 4. The fourth-order valence-corrected chi connectivity index (χ4v) is 3.62. The first kappa shape index (κ1) is 21.5. The van der Waals surface area contributed by atoms with E-state index in [1.165, 1.54) is 5.56 Å². The standard InChI is InChI=1S/C25H27N5O2/c1-15-6-9-19(10-7-15)18(4)27-21(31)14-32-22-12-17(3)23-24(29-30(5)25(23)28-22)20-11-8-16(2)13-26-20/h6-13,18H,14H2,1-5H3,(H,27,31). The number of benzene rings is 1. The van der Waals surface area contributed by atoms with Crippen LogP contribution in [0.5, 0.6) is 5.88 Å².